The zero-order valence-electron chi connectivity index (χ0n) is 28.0. The van der Waals surface area contributed by atoms with Gasteiger partial charge in [-0.1, -0.05) is 74.5 Å². The van der Waals surface area contributed by atoms with Crippen LogP contribution in [-0.4, -0.2) is 88.7 Å². The molecule has 1 saturated carbocycles. The van der Waals surface area contributed by atoms with Gasteiger partial charge in [-0.15, -0.1) is 0 Å². The van der Waals surface area contributed by atoms with E-state index < -0.39 is 23.5 Å². The summed E-state index contributed by atoms with van der Waals surface area (Å²) in [5.41, 5.74) is 1.94. The maximum absolute atomic E-state index is 14.1. The van der Waals surface area contributed by atoms with Gasteiger partial charge < -0.3 is 30.5 Å². The third kappa shape index (κ3) is 7.08. The van der Waals surface area contributed by atoms with Gasteiger partial charge in [-0.2, -0.15) is 5.10 Å². The first-order valence-corrected chi connectivity index (χ1v) is 16.6. The van der Waals surface area contributed by atoms with Crippen molar-refractivity contribution < 1.29 is 23.9 Å². The summed E-state index contributed by atoms with van der Waals surface area (Å²) in [6, 6.07) is 18.2. The number of benzene rings is 2. The van der Waals surface area contributed by atoms with Gasteiger partial charge >= 0.3 is 6.03 Å². The molecule has 3 heterocycles. The van der Waals surface area contributed by atoms with E-state index in [9.17, 15) is 19.2 Å². The number of carbonyl (C=O) groups excluding carboxylic acids is 4. The van der Waals surface area contributed by atoms with Crippen LogP contribution in [0.1, 0.15) is 38.3 Å². The molecule has 2 aromatic carbocycles. The molecule has 3 aromatic rings. The number of ether oxygens (including phenoxy) is 1. The summed E-state index contributed by atoms with van der Waals surface area (Å²) in [5.74, 6) is -1.27. The van der Waals surface area contributed by atoms with Crippen LogP contribution in [0.25, 0.3) is 0 Å². The number of nitrogens with zero attached hydrogens (tertiary/aromatic N) is 4. The van der Waals surface area contributed by atoms with E-state index in [2.05, 4.69) is 34.9 Å². The van der Waals surface area contributed by atoms with Gasteiger partial charge in [0.2, 0.25) is 17.7 Å². The highest BCUT2D eigenvalue weighted by atomic mass is 16.5. The van der Waals surface area contributed by atoms with Crippen molar-refractivity contribution in [1.29, 1.82) is 0 Å². The third-order valence-electron chi connectivity index (χ3n) is 10.1. The van der Waals surface area contributed by atoms with E-state index in [1.54, 1.807) is 28.9 Å². The van der Waals surface area contributed by atoms with E-state index in [-0.39, 0.29) is 48.2 Å². The molecule has 1 aromatic heterocycles. The monoisotopic (exact) mass is 655 g/mol. The molecule has 0 bridgehead atoms. The Morgan fingerprint density at radius 2 is 1.56 bits per heavy atom. The highest BCUT2D eigenvalue weighted by Crippen LogP contribution is 2.54. The number of hydrogen-bond donors (Lipinski definition) is 3. The summed E-state index contributed by atoms with van der Waals surface area (Å²) >= 11 is 0. The van der Waals surface area contributed by atoms with Crippen molar-refractivity contribution in [2.45, 2.75) is 52.5 Å². The van der Waals surface area contributed by atoms with Crippen LogP contribution in [-0.2, 0) is 32.3 Å². The number of urea groups is 1. The van der Waals surface area contributed by atoms with Gasteiger partial charge in [0, 0.05) is 50.8 Å². The molecule has 12 heteroatoms. The summed E-state index contributed by atoms with van der Waals surface area (Å²) in [6.07, 6.45) is 3.59. The fraction of sp³-hybridized carbons (Fsp3) is 0.472. The van der Waals surface area contributed by atoms with Crippen LogP contribution in [0.5, 0.6) is 0 Å². The molecule has 2 saturated heterocycles. The van der Waals surface area contributed by atoms with Crippen molar-refractivity contribution in [3.05, 3.63) is 84.2 Å². The molecule has 2 aliphatic heterocycles. The lowest BCUT2D eigenvalue weighted by Crippen LogP contribution is -2.65. The van der Waals surface area contributed by atoms with Crippen LogP contribution in [0.3, 0.4) is 0 Å². The Labute approximate surface area is 281 Å². The van der Waals surface area contributed by atoms with Gasteiger partial charge in [0.15, 0.2) is 0 Å². The number of anilines is 1. The molecule has 0 radical (unpaired) electrons. The molecule has 48 heavy (non-hydrogen) atoms. The van der Waals surface area contributed by atoms with Crippen molar-refractivity contribution in [2.24, 2.45) is 22.7 Å². The zero-order chi connectivity index (χ0) is 34.1. The molecular formula is C36H45N7O5. The predicted octanol–water partition coefficient (Wildman–Crippen LogP) is 3.11. The average molecular weight is 656 g/mol. The first-order chi connectivity index (χ1) is 23.0. The highest BCUT2D eigenvalue weighted by molar-refractivity contribution is 5.93. The van der Waals surface area contributed by atoms with Crippen molar-refractivity contribution in [2.75, 3.05) is 38.5 Å². The first-order valence-electron chi connectivity index (χ1n) is 16.6. The summed E-state index contributed by atoms with van der Waals surface area (Å²) in [5, 5.41) is 12.9. The van der Waals surface area contributed by atoms with Gasteiger partial charge in [0.25, 0.3) is 0 Å². The molecule has 1 spiro atoms. The lowest BCUT2D eigenvalue weighted by Gasteiger charge is -2.50. The first kappa shape index (κ1) is 33.2. The van der Waals surface area contributed by atoms with Crippen molar-refractivity contribution in [3.8, 4) is 0 Å². The maximum Gasteiger partial charge on any atom is 0.321 e. The average Bonchev–Trinajstić information content (AvgIpc) is 3.35. The Morgan fingerprint density at radius 1 is 0.938 bits per heavy atom. The Bertz CT molecular complexity index is 1640. The summed E-state index contributed by atoms with van der Waals surface area (Å²) in [4.78, 5) is 57.3. The predicted molar refractivity (Wildman–Crippen MR) is 179 cm³/mol. The molecule has 3 N–H and O–H groups in total. The molecule has 3 fully saturated rings. The summed E-state index contributed by atoms with van der Waals surface area (Å²) in [6.45, 7) is 7.98. The molecule has 0 unspecified atom stereocenters. The lowest BCUT2D eigenvalue weighted by molar-refractivity contribution is -0.152. The largest absolute Gasteiger partial charge is 0.371 e. The van der Waals surface area contributed by atoms with Crippen LogP contribution in [0.2, 0.25) is 0 Å². The number of carbonyl (C=O) groups is 4. The highest BCUT2D eigenvalue weighted by Gasteiger charge is 2.62. The maximum atomic E-state index is 14.1. The molecule has 12 nitrogen and oxygen atoms in total. The van der Waals surface area contributed by atoms with Crippen LogP contribution in [0.4, 0.5) is 10.5 Å². The number of hydrogen-bond acceptors (Lipinski definition) is 6. The minimum Gasteiger partial charge on any atom is -0.371 e. The van der Waals surface area contributed by atoms with E-state index in [1.807, 2.05) is 65.6 Å². The van der Waals surface area contributed by atoms with E-state index in [1.165, 1.54) is 7.05 Å². The Morgan fingerprint density at radius 3 is 2.19 bits per heavy atom. The Balaban J connectivity index is 1.15. The molecule has 1 aliphatic carbocycles. The van der Waals surface area contributed by atoms with Gasteiger partial charge in [-0.25, -0.2) is 4.79 Å². The van der Waals surface area contributed by atoms with E-state index in [0.717, 1.165) is 17.5 Å². The SMILES string of the molecule is CNC(=O)[C@@H](NC(=O)[C@@H]1CN(C(=O)Nc2cnn(Cc3ccccc3)c2)CC12CN(C(=O)[C@H]1CC1(C)C)C2)[C@@H](C)OCc1ccccc1. The van der Waals surface area contributed by atoms with Crippen molar-refractivity contribution >= 4 is 29.4 Å². The van der Waals surface area contributed by atoms with Gasteiger partial charge in [0.1, 0.15) is 6.04 Å². The normalized spacial score (nSPS) is 21.6. The molecular weight excluding hydrogens is 610 g/mol. The number of nitrogens with one attached hydrogen (secondary N) is 3. The lowest BCUT2D eigenvalue weighted by atomic mass is 9.70. The van der Waals surface area contributed by atoms with Crippen LogP contribution < -0.4 is 16.0 Å². The topological polar surface area (TPSA) is 138 Å². The summed E-state index contributed by atoms with van der Waals surface area (Å²) < 4.78 is 7.78. The number of likely N-dealkylation sites (N-methyl/N-ethyl adjacent to an activating group) is 1. The molecule has 4 atom stereocenters. The van der Waals surface area contributed by atoms with Crippen LogP contribution >= 0.6 is 0 Å². The second-order valence-electron chi connectivity index (χ2n) is 14.2. The van der Waals surface area contributed by atoms with E-state index in [0.29, 0.717) is 31.9 Å². The van der Waals surface area contributed by atoms with E-state index in [4.69, 9.17) is 4.74 Å². The fourth-order valence-electron chi connectivity index (χ4n) is 6.98. The van der Waals surface area contributed by atoms with Crippen molar-refractivity contribution in [1.82, 2.24) is 30.2 Å². The van der Waals surface area contributed by atoms with E-state index >= 15 is 0 Å². The minimum absolute atomic E-state index is 0.0141. The molecule has 6 rings (SSSR count). The van der Waals surface area contributed by atoms with Crippen LogP contribution in [0.15, 0.2) is 73.1 Å². The summed E-state index contributed by atoms with van der Waals surface area (Å²) in [7, 11) is 1.52. The number of aromatic nitrogens is 2. The quantitative estimate of drug-likeness (QED) is 0.290. The second-order valence-corrected chi connectivity index (χ2v) is 14.2. The van der Waals surface area contributed by atoms with Gasteiger partial charge in [0.05, 0.1) is 37.1 Å². The van der Waals surface area contributed by atoms with Gasteiger partial charge in [-0.3, -0.25) is 19.1 Å². The minimum atomic E-state index is -0.952. The molecule has 3 aliphatic rings. The Hall–Kier alpha value is -4.71. The number of rotatable bonds is 11. The second kappa shape index (κ2) is 13.4. The fourth-order valence-corrected chi connectivity index (χ4v) is 6.98. The standard InChI is InChI=1S/C36H45N7O5/c1-24(48-20-26-13-9-6-10-14-26)30(32(45)37-4)40-31(44)29-19-41(21-36(29)22-42(23-36)33(46)28-15-35(28,2)3)34(47)39-27-16-38-43(18-27)17-25-11-7-5-8-12-25/h5-14,16,18,24,28-30H,15,17,19-23H2,1-4H3,(H,37,45)(H,39,47)(H,40,44)/t24-,28-,29+,30+/m1/s1. The zero-order valence-corrected chi connectivity index (χ0v) is 28.0. The van der Waals surface area contributed by atoms with Gasteiger partial charge in [-0.05, 0) is 29.9 Å². The Kier molecular flexibility index (Phi) is 9.28. The third-order valence-corrected chi connectivity index (χ3v) is 10.1. The number of likely N-dealkylation sites (tertiary alicyclic amines) is 2. The number of amides is 5. The molecule has 5 amide bonds. The smallest absolute Gasteiger partial charge is 0.321 e. The molecule has 254 valence electrons. The van der Waals surface area contributed by atoms with Crippen molar-refractivity contribution in [3.63, 3.8) is 0 Å². The van der Waals surface area contributed by atoms with Crippen LogP contribution in [0, 0.1) is 22.7 Å².